The van der Waals surface area contributed by atoms with Crippen molar-refractivity contribution in [3.63, 3.8) is 0 Å². The highest BCUT2D eigenvalue weighted by molar-refractivity contribution is 8.18. The first-order valence-corrected chi connectivity index (χ1v) is 15.1. The molecule has 16 heteroatoms. The molecule has 1 aliphatic carbocycles. The van der Waals surface area contributed by atoms with Crippen LogP contribution < -0.4 is 0 Å². The molecular weight excluding hydrogens is 609 g/mol. The monoisotopic (exact) mass is 637 g/mol. The summed E-state index contributed by atoms with van der Waals surface area (Å²) < 4.78 is 76.4. The Morgan fingerprint density at radius 3 is 2.36 bits per heavy atom. The fraction of sp³-hybridized carbons (Fsp3) is 0.538. The predicted octanol–water partition coefficient (Wildman–Crippen LogP) is 3.78. The van der Waals surface area contributed by atoms with E-state index in [4.69, 9.17) is 16.3 Å². The fourth-order valence-corrected chi connectivity index (χ4v) is 10.1. The summed E-state index contributed by atoms with van der Waals surface area (Å²) in [5.74, 6) is -7.24. The Labute approximate surface area is 245 Å². The summed E-state index contributed by atoms with van der Waals surface area (Å²) in [4.78, 5) is 8.41. The normalized spacial score (nSPS) is 28.9. The molecule has 2 fully saturated rings. The predicted molar refractivity (Wildman–Crippen MR) is 144 cm³/mol. The highest BCUT2D eigenvalue weighted by Crippen LogP contribution is 2.61. The minimum Gasteiger partial charge on any atom is -0.395 e. The molecule has 3 aromatic rings. The summed E-state index contributed by atoms with van der Waals surface area (Å²) in [5, 5.41) is 40.1. The lowest BCUT2D eigenvalue weighted by atomic mass is 9.79. The van der Waals surface area contributed by atoms with E-state index >= 15 is 0 Å². The van der Waals surface area contributed by atoms with Crippen LogP contribution in [0.5, 0.6) is 0 Å². The number of alkyl halides is 2. The van der Waals surface area contributed by atoms with E-state index in [1.165, 1.54) is 30.4 Å². The van der Waals surface area contributed by atoms with Crippen molar-refractivity contribution in [2.24, 2.45) is 0 Å². The Kier molecular flexibility index (Phi) is 8.80. The summed E-state index contributed by atoms with van der Waals surface area (Å²) in [6.07, 6.45) is 0.232. The van der Waals surface area contributed by atoms with Crippen LogP contribution in [0.15, 0.2) is 30.7 Å². The second kappa shape index (κ2) is 11.9. The maximum absolute atomic E-state index is 14.1. The first-order chi connectivity index (χ1) is 19.9. The first kappa shape index (κ1) is 31.0. The van der Waals surface area contributed by atoms with E-state index in [0.29, 0.717) is 0 Å². The fourth-order valence-electron chi connectivity index (χ4n) is 5.96. The van der Waals surface area contributed by atoms with Crippen molar-refractivity contribution >= 4 is 22.5 Å². The van der Waals surface area contributed by atoms with Gasteiger partial charge in [0.15, 0.2) is 22.6 Å². The summed E-state index contributed by atoms with van der Waals surface area (Å²) >= 11 is 6.41. The lowest BCUT2D eigenvalue weighted by Crippen LogP contribution is -2.54. The Balaban J connectivity index is 1.52. The number of aliphatic hydroxyl groups is 3. The largest absolute Gasteiger partial charge is 0.395 e. The van der Waals surface area contributed by atoms with Gasteiger partial charge in [-0.2, -0.15) is 0 Å². The van der Waals surface area contributed by atoms with Crippen LogP contribution >= 0.6 is 22.5 Å². The van der Waals surface area contributed by atoms with Crippen LogP contribution in [0.3, 0.4) is 0 Å². The van der Waals surface area contributed by atoms with E-state index in [-0.39, 0.29) is 40.7 Å². The smallest absolute Gasteiger partial charge is 0.248 e. The molecule has 0 bridgehead atoms. The average Bonchev–Trinajstić information content (AvgIpc) is 3.44. The van der Waals surface area contributed by atoms with Gasteiger partial charge in [-0.1, -0.05) is 16.8 Å². The lowest BCUT2D eigenvalue weighted by Gasteiger charge is -2.53. The van der Waals surface area contributed by atoms with Crippen LogP contribution in [0.1, 0.15) is 42.7 Å². The van der Waals surface area contributed by atoms with Crippen molar-refractivity contribution in [1.29, 1.82) is 0 Å². The van der Waals surface area contributed by atoms with E-state index in [2.05, 4.69) is 20.3 Å². The standard InChI is InChI=1S/C26H29ClF5N5O4S/c1-41-17-12-42(23(20-24(27)34-7-6-33-20)25(40)2-4-26(31,32)5-3-25)18(11-38)22(39)21(17)37-10-16(35-36-37)13-8-14(28)19(30)15(29)9-13/h6-10,17-18,21-23,38-40,42H,2-5,11-12H2,1H3/t17-,18+,21+,22-,23?/m0/s1. The van der Waals surface area contributed by atoms with Gasteiger partial charge >= 0.3 is 0 Å². The van der Waals surface area contributed by atoms with E-state index in [1.807, 2.05) is 0 Å². The van der Waals surface area contributed by atoms with E-state index in [9.17, 15) is 37.3 Å². The molecule has 3 heterocycles. The molecule has 2 aliphatic rings. The van der Waals surface area contributed by atoms with Gasteiger partial charge in [-0.05, 0) is 25.0 Å². The van der Waals surface area contributed by atoms with E-state index < -0.39 is 88.1 Å². The molecule has 3 N–H and O–H groups in total. The minimum absolute atomic E-state index is 0.00935. The van der Waals surface area contributed by atoms with Gasteiger partial charge in [0.1, 0.15) is 11.7 Å². The third-order valence-corrected chi connectivity index (χ3v) is 11.9. The molecule has 2 aromatic heterocycles. The number of halogens is 6. The molecule has 0 amide bonds. The SMILES string of the molecule is CO[C@H]1C[SH](C(c2nccnc2Cl)C2(O)CCC(F)(F)CC2)[C@H](CO)[C@H](O)[C@@H]1n1cc(-c2cc(F)c(F)c(F)c2)nn1. The number of benzene rings is 1. The van der Waals surface area contributed by atoms with Gasteiger partial charge in [-0.15, -0.1) is 5.10 Å². The van der Waals surface area contributed by atoms with Gasteiger partial charge in [0.2, 0.25) is 5.92 Å². The second-order valence-corrected chi connectivity index (χ2v) is 13.6. The molecule has 2 unspecified atom stereocenters. The number of rotatable bonds is 7. The maximum atomic E-state index is 14.1. The number of ether oxygens (including phenoxy) is 1. The number of methoxy groups -OCH3 is 1. The maximum Gasteiger partial charge on any atom is 0.248 e. The number of hydrogen-bond donors (Lipinski definition) is 4. The Morgan fingerprint density at radius 2 is 1.76 bits per heavy atom. The second-order valence-electron chi connectivity index (χ2n) is 10.6. The van der Waals surface area contributed by atoms with Crippen molar-refractivity contribution < 1.29 is 42.0 Å². The summed E-state index contributed by atoms with van der Waals surface area (Å²) in [7, 11) is -0.265. The number of thiol groups is 1. The molecular formula is C26H29ClF5N5O4S. The zero-order valence-electron chi connectivity index (χ0n) is 22.2. The number of aromatic nitrogens is 5. The number of nitrogens with zero attached hydrogens (tertiary/aromatic N) is 5. The average molecular weight is 638 g/mol. The summed E-state index contributed by atoms with van der Waals surface area (Å²) in [6, 6.07) is 0.569. The Bertz CT molecular complexity index is 1400. The third-order valence-electron chi connectivity index (χ3n) is 8.15. The first-order valence-electron chi connectivity index (χ1n) is 13.1. The van der Waals surface area contributed by atoms with Crippen LogP contribution in [0.4, 0.5) is 22.0 Å². The van der Waals surface area contributed by atoms with E-state index in [1.54, 1.807) is 0 Å². The molecule has 9 nitrogen and oxygen atoms in total. The van der Waals surface area contributed by atoms with Crippen molar-refractivity contribution in [2.45, 2.75) is 66.0 Å². The molecule has 1 aliphatic heterocycles. The van der Waals surface area contributed by atoms with Crippen molar-refractivity contribution in [2.75, 3.05) is 19.5 Å². The number of aliphatic hydroxyl groups excluding tert-OH is 2. The van der Waals surface area contributed by atoms with Gasteiger partial charge in [-0.25, -0.2) is 42.5 Å². The highest BCUT2D eigenvalue weighted by Gasteiger charge is 2.55. The van der Waals surface area contributed by atoms with Crippen LogP contribution in [0.2, 0.25) is 5.15 Å². The van der Waals surface area contributed by atoms with Gasteiger partial charge in [0.25, 0.3) is 0 Å². The molecule has 1 saturated heterocycles. The third kappa shape index (κ3) is 5.74. The molecule has 42 heavy (non-hydrogen) atoms. The summed E-state index contributed by atoms with van der Waals surface area (Å²) in [5.41, 5.74) is -1.60. The minimum atomic E-state index is -2.94. The Morgan fingerprint density at radius 1 is 1.12 bits per heavy atom. The van der Waals surface area contributed by atoms with Crippen molar-refractivity contribution in [3.8, 4) is 11.3 Å². The van der Waals surface area contributed by atoms with E-state index in [0.717, 1.165) is 12.1 Å². The molecule has 1 aromatic carbocycles. The summed E-state index contributed by atoms with van der Waals surface area (Å²) in [6.45, 7) is -0.545. The highest BCUT2D eigenvalue weighted by atomic mass is 35.5. The zero-order valence-corrected chi connectivity index (χ0v) is 23.9. The number of hydrogen-bond acceptors (Lipinski definition) is 8. The zero-order chi connectivity index (χ0) is 30.4. The molecule has 6 atom stereocenters. The molecule has 1 saturated carbocycles. The lowest BCUT2D eigenvalue weighted by molar-refractivity contribution is -0.105. The molecule has 0 radical (unpaired) electrons. The van der Waals surface area contributed by atoms with Gasteiger partial charge < -0.3 is 20.1 Å². The van der Waals surface area contributed by atoms with Crippen LogP contribution in [-0.4, -0.2) is 88.7 Å². The van der Waals surface area contributed by atoms with Crippen molar-refractivity contribution in [1.82, 2.24) is 25.0 Å². The van der Waals surface area contributed by atoms with Crippen LogP contribution in [-0.2, 0) is 4.74 Å². The molecule has 0 spiro atoms. The quantitative estimate of drug-likeness (QED) is 0.175. The molecule has 5 rings (SSSR count). The molecule has 230 valence electrons. The van der Waals surface area contributed by atoms with Gasteiger partial charge in [0, 0.05) is 48.9 Å². The van der Waals surface area contributed by atoms with Crippen LogP contribution in [0.25, 0.3) is 11.3 Å². The van der Waals surface area contributed by atoms with Gasteiger partial charge in [-0.3, -0.25) is 4.98 Å². The van der Waals surface area contributed by atoms with Gasteiger partial charge in [0.05, 0.1) is 41.6 Å². The Hall–Kier alpha value is -2.43. The topological polar surface area (TPSA) is 126 Å². The van der Waals surface area contributed by atoms with Crippen LogP contribution in [0, 0.1) is 17.5 Å². The van der Waals surface area contributed by atoms with Crippen molar-refractivity contribution in [3.05, 3.63) is 59.0 Å².